The SMILES string of the molecule is NC(=O)Oc1nc2cc(C(Cl)=C(Cl)Cl)ccc2[nH]1. The first-order valence-corrected chi connectivity index (χ1v) is 5.79. The summed E-state index contributed by atoms with van der Waals surface area (Å²) in [6.45, 7) is 0. The van der Waals surface area contributed by atoms with E-state index in [1.54, 1.807) is 18.2 Å². The minimum Gasteiger partial charge on any atom is -0.376 e. The van der Waals surface area contributed by atoms with Crippen LogP contribution in [0.2, 0.25) is 0 Å². The van der Waals surface area contributed by atoms with Crippen LogP contribution in [0.4, 0.5) is 4.79 Å². The number of carbonyl (C=O) groups excluding carboxylic acids is 1. The third kappa shape index (κ3) is 2.69. The van der Waals surface area contributed by atoms with Crippen molar-refractivity contribution in [3.8, 4) is 6.01 Å². The maximum atomic E-state index is 10.6. The van der Waals surface area contributed by atoms with Crippen LogP contribution >= 0.6 is 34.8 Å². The van der Waals surface area contributed by atoms with Crippen LogP contribution in [0.5, 0.6) is 6.01 Å². The molecule has 0 saturated heterocycles. The molecule has 1 heterocycles. The third-order valence-corrected chi connectivity index (χ3v) is 3.06. The van der Waals surface area contributed by atoms with E-state index in [9.17, 15) is 4.79 Å². The van der Waals surface area contributed by atoms with Crippen molar-refractivity contribution < 1.29 is 9.53 Å². The molecule has 0 unspecified atom stereocenters. The zero-order chi connectivity index (χ0) is 13.3. The van der Waals surface area contributed by atoms with E-state index in [1.165, 1.54) is 0 Å². The summed E-state index contributed by atoms with van der Waals surface area (Å²) in [7, 11) is 0. The summed E-state index contributed by atoms with van der Waals surface area (Å²) in [4.78, 5) is 17.4. The van der Waals surface area contributed by atoms with Gasteiger partial charge in [0.2, 0.25) is 0 Å². The Morgan fingerprint density at radius 3 is 2.67 bits per heavy atom. The molecule has 1 aromatic carbocycles. The van der Waals surface area contributed by atoms with Crippen molar-refractivity contribution >= 4 is 57.0 Å². The zero-order valence-corrected chi connectivity index (χ0v) is 11.0. The Bertz CT molecular complexity index is 647. The van der Waals surface area contributed by atoms with Crippen molar-refractivity contribution in [2.24, 2.45) is 5.73 Å². The van der Waals surface area contributed by atoms with E-state index in [4.69, 9.17) is 40.5 Å². The van der Waals surface area contributed by atoms with Crippen LogP contribution in [0.1, 0.15) is 5.56 Å². The molecule has 1 amide bonds. The summed E-state index contributed by atoms with van der Waals surface area (Å²) >= 11 is 17.1. The van der Waals surface area contributed by atoms with Gasteiger partial charge in [-0.2, -0.15) is 4.98 Å². The van der Waals surface area contributed by atoms with E-state index < -0.39 is 6.09 Å². The maximum Gasteiger partial charge on any atom is 0.412 e. The number of hydrogen-bond acceptors (Lipinski definition) is 3. The molecular weight excluding hydrogens is 300 g/mol. The Balaban J connectivity index is 2.46. The molecule has 5 nitrogen and oxygen atoms in total. The Morgan fingerprint density at radius 2 is 2.06 bits per heavy atom. The van der Waals surface area contributed by atoms with E-state index in [1.807, 2.05) is 0 Å². The molecule has 0 fully saturated rings. The van der Waals surface area contributed by atoms with E-state index >= 15 is 0 Å². The quantitative estimate of drug-likeness (QED) is 0.892. The van der Waals surface area contributed by atoms with Crippen molar-refractivity contribution in [3.05, 3.63) is 28.3 Å². The van der Waals surface area contributed by atoms with Crippen LogP contribution < -0.4 is 10.5 Å². The average Bonchev–Trinajstić information content (AvgIpc) is 2.67. The second-order valence-electron chi connectivity index (χ2n) is 3.27. The number of fused-ring (bicyclic) bond motifs is 1. The van der Waals surface area contributed by atoms with Gasteiger partial charge in [0.15, 0.2) is 0 Å². The van der Waals surface area contributed by atoms with Gasteiger partial charge in [-0.25, -0.2) is 4.79 Å². The number of benzene rings is 1. The number of imidazole rings is 1. The van der Waals surface area contributed by atoms with Crippen molar-refractivity contribution in [2.75, 3.05) is 0 Å². The number of hydrogen-bond donors (Lipinski definition) is 2. The summed E-state index contributed by atoms with van der Waals surface area (Å²) in [6.07, 6.45) is -0.948. The van der Waals surface area contributed by atoms with Gasteiger partial charge in [0.25, 0.3) is 0 Å². The standard InChI is InChI=1S/C10H6Cl3N3O2/c11-7(8(12)13)4-1-2-5-6(3-4)16-10(15-5)18-9(14)17/h1-3H,(H2,14,17)(H,15,16). The molecule has 94 valence electrons. The lowest BCUT2D eigenvalue weighted by Gasteiger charge is -1.98. The Hall–Kier alpha value is -1.43. The molecule has 0 aliphatic rings. The Labute approximate surface area is 116 Å². The summed E-state index contributed by atoms with van der Waals surface area (Å²) < 4.78 is 4.58. The van der Waals surface area contributed by atoms with Gasteiger partial charge in [-0.15, -0.1) is 0 Å². The molecule has 0 aliphatic heterocycles. The molecule has 0 bridgehead atoms. The lowest BCUT2D eigenvalue weighted by atomic mass is 10.2. The average molecular weight is 307 g/mol. The second-order valence-corrected chi connectivity index (χ2v) is 4.60. The third-order valence-electron chi connectivity index (χ3n) is 2.08. The topological polar surface area (TPSA) is 81.0 Å². The molecule has 3 N–H and O–H groups in total. The minimum absolute atomic E-state index is 0.00622. The van der Waals surface area contributed by atoms with Crippen molar-refractivity contribution in [1.82, 2.24) is 9.97 Å². The molecule has 0 aliphatic carbocycles. The minimum atomic E-state index is -0.948. The van der Waals surface area contributed by atoms with Crippen molar-refractivity contribution in [2.45, 2.75) is 0 Å². The van der Waals surface area contributed by atoms with E-state index in [0.717, 1.165) is 0 Å². The van der Waals surface area contributed by atoms with Crippen LogP contribution in [0.3, 0.4) is 0 Å². The number of aromatic nitrogens is 2. The fourth-order valence-corrected chi connectivity index (χ4v) is 1.71. The van der Waals surface area contributed by atoms with E-state index in [0.29, 0.717) is 16.6 Å². The van der Waals surface area contributed by atoms with Gasteiger partial charge < -0.3 is 15.5 Å². The highest BCUT2D eigenvalue weighted by Crippen LogP contribution is 2.30. The highest BCUT2D eigenvalue weighted by atomic mass is 35.5. The van der Waals surface area contributed by atoms with Gasteiger partial charge >= 0.3 is 12.1 Å². The summed E-state index contributed by atoms with van der Waals surface area (Å²) in [6, 6.07) is 5.05. The van der Waals surface area contributed by atoms with Crippen LogP contribution in [0.15, 0.2) is 22.7 Å². The van der Waals surface area contributed by atoms with E-state index in [2.05, 4.69) is 14.7 Å². The molecule has 2 aromatic rings. The Morgan fingerprint density at radius 1 is 1.33 bits per heavy atom. The zero-order valence-electron chi connectivity index (χ0n) is 8.71. The molecule has 0 spiro atoms. The number of aromatic amines is 1. The summed E-state index contributed by atoms with van der Waals surface area (Å²) in [5, 5.41) is 0.209. The van der Waals surface area contributed by atoms with Gasteiger partial charge in [-0.05, 0) is 17.7 Å². The summed E-state index contributed by atoms with van der Waals surface area (Å²) in [5.74, 6) is 0. The highest BCUT2D eigenvalue weighted by Gasteiger charge is 2.09. The van der Waals surface area contributed by atoms with Crippen LogP contribution in [-0.4, -0.2) is 16.1 Å². The van der Waals surface area contributed by atoms with E-state index in [-0.39, 0.29) is 15.5 Å². The molecule has 8 heteroatoms. The molecule has 2 rings (SSSR count). The maximum absolute atomic E-state index is 10.6. The lowest BCUT2D eigenvalue weighted by molar-refractivity contribution is 0.207. The molecule has 0 radical (unpaired) electrons. The number of ether oxygens (including phenoxy) is 1. The number of rotatable bonds is 2. The molecular formula is C10H6Cl3N3O2. The van der Waals surface area contributed by atoms with Gasteiger partial charge in [0, 0.05) is 0 Å². The first kappa shape index (κ1) is 13.0. The molecule has 1 aromatic heterocycles. The van der Waals surface area contributed by atoms with Gasteiger partial charge in [-0.1, -0.05) is 40.9 Å². The number of primary amides is 1. The van der Waals surface area contributed by atoms with Gasteiger partial charge in [0.1, 0.15) is 4.49 Å². The van der Waals surface area contributed by atoms with Crippen molar-refractivity contribution in [3.63, 3.8) is 0 Å². The molecule has 18 heavy (non-hydrogen) atoms. The van der Waals surface area contributed by atoms with Crippen molar-refractivity contribution in [1.29, 1.82) is 0 Å². The van der Waals surface area contributed by atoms with Gasteiger partial charge in [-0.3, -0.25) is 0 Å². The largest absolute Gasteiger partial charge is 0.412 e. The fourth-order valence-electron chi connectivity index (χ4n) is 1.37. The monoisotopic (exact) mass is 305 g/mol. The predicted molar refractivity (Wildman–Crippen MR) is 70.8 cm³/mol. The number of carbonyl (C=O) groups is 1. The molecule has 0 atom stereocenters. The Kier molecular flexibility index (Phi) is 3.65. The fraction of sp³-hybridized carbons (Fsp3) is 0. The number of nitrogens with one attached hydrogen (secondary N) is 1. The van der Waals surface area contributed by atoms with Gasteiger partial charge in [0.05, 0.1) is 16.1 Å². The first-order valence-electron chi connectivity index (χ1n) is 4.65. The van der Waals surface area contributed by atoms with Crippen LogP contribution in [0.25, 0.3) is 16.1 Å². The highest BCUT2D eigenvalue weighted by molar-refractivity contribution is 6.66. The van der Waals surface area contributed by atoms with Crippen LogP contribution in [0, 0.1) is 0 Å². The number of nitrogens with zero attached hydrogens (tertiary/aromatic N) is 1. The molecule has 0 saturated carbocycles. The second kappa shape index (κ2) is 5.06. The van der Waals surface area contributed by atoms with Crippen LogP contribution in [-0.2, 0) is 0 Å². The predicted octanol–water partition coefficient (Wildman–Crippen LogP) is 3.36. The normalized spacial score (nSPS) is 10.4. The number of H-pyrrole nitrogens is 1. The lowest BCUT2D eigenvalue weighted by Crippen LogP contribution is -2.16. The number of halogens is 3. The summed E-state index contributed by atoms with van der Waals surface area (Å²) in [5.41, 5.74) is 6.67. The first-order chi connectivity index (χ1) is 8.47. The smallest absolute Gasteiger partial charge is 0.376 e. The number of amides is 1. The number of nitrogens with two attached hydrogens (primary N) is 1.